The van der Waals surface area contributed by atoms with Crippen LogP contribution < -0.4 is 5.32 Å². The topological polar surface area (TPSA) is 29.1 Å². The van der Waals surface area contributed by atoms with Gasteiger partial charge in [-0.3, -0.25) is 0 Å². The van der Waals surface area contributed by atoms with Crippen molar-refractivity contribution in [2.45, 2.75) is 20.0 Å². The van der Waals surface area contributed by atoms with Gasteiger partial charge in [-0.1, -0.05) is 17.7 Å². The molecule has 0 bridgehead atoms. The van der Waals surface area contributed by atoms with Crippen molar-refractivity contribution in [1.29, 1.82) is 0 Å². The lowest BCUT2D eigenvalue weighted by atomic mass is 10.0. The fourth-order valence-electron chi connectivity index (χ4n) is 1.54. The van der Waals surface area contributed by atoms with E-state index >= 15 is 0 Å². The van der Waals surface area contributed by atoms with Gasteiger partial charge in [0.05, 0.1) is 5.57 Å². The first-order chi connectivity index (χ1) is 7.82. The van der Waals surface area contributed by atoms with Crippen LogP contribution in [-0.2, 0) is 4.79 Å². The number of nitrogens with one attached hydrogen (secondary N) is 1. The van der Waals surface area contributed by atoms with Crippen LogP contribution in [0.2, 0.25) is 0 Å². The lowest BCUT2D eigenvalue weighted by Crippen LogP contribution is -2.17. The molecule has 1 N–H and O–H groups in total. The Kier molecular flexibility index (Phi) is 5.88. The lowest BCUT2D eigenvalue weighted by molar-refractivity contribution is -0.0980. The van der Waals surface area contributed by atoms with Gasteiger partial charge in [-0.15, -0.1) is 0 Å². The summed E-state index contributed by atoms with van der Waals surface area (Å²) in [4.78, 5) is 8.00. The van der Waals surface area contributed by atoms with Gasteiger partial charge in [0.2, 0.25) is 0 Å². The zero-order chi connectivity index (χ0) is 13.6. The highest BCUT2D eigenvalue weighted by molar-refractivity contribution is 5.45. The Morgan fingerprint density at radius 1 is 1.35 bits per heavy atom. The summed E-state index contributed by atoms with van der Waals surface area (Å²) in [6.45, 7) is 9.57. The highest BCUT2D eigenvalue weighted by Crippen LogP contribution is 2.34. The first-order valence-electron chi connectivity index (χ1n) is 4.95. The maximum absolute atomic E-state index is 12.7. The van der Waals surface area contributed by atoms with E-state index < -0.39 is 11.7 Å². The number of carbonyl (C=O) groups is 1. The predicted molar refractivity (Wildman–Crippen MR) is 61.6 cm³/mol. The first-order valence-corrected chi connectivity index (χ1v) is 4.95. The summed E-state index contributed by atoms with van der Waals surface area (Å²) in [6, 6.07) is 0. The molecule has 0 aromatic carbocycles. The molecule has 0 spiro atoms. The summed E-state index contributed by atoms with van der Waals surface area (Å²) in [5.74, 6) is 0. The summed E-state index contributed by atoms with van der Waals surface area (Å²) in [5.41, 5.74) is 0.942. The number of halogens is 3. The molecule has 0 aliphatic carbocycles. The standard InChI is InChI=1S/C11H14F3N.CH2O/c1-7(2)4-10(11(12,13)14)9-6-15-5-8(9)3;1-2/h4,15H,1,5-6H2,2-3H3;1H2/b10-4+;. The van der Waals surface area contributed by atoms with E-state index in [1.807, 2.05) is 6.79 Å². The van der Waals surface area contributed by atoms with Gasteiger partial charge in [0.15, 0.2) is 0 Å². The highest BCUT2D eigenvalue weighted by atomic mass is 19.4. The fourth-order valence-corrected chi connectivity index (χ4v) is 1.54. The summed E-state index contributed by atoms with van der Waals surface area (Å²) >= 11 is 0. The third-order valence-corrected chi connectivity index (χ3v) is 2.23. The Morgan fingerprint density at radius 3 is 2.18 bits per heavy atom. The highest BCUT2D eigenvalue weighted by Gasteiger charge is 2.37. The monoisotopic (exact) mass is 247 g/mol. The molecule has 1 aliphatic heterocycles. The van der Waals surface area contributed by atoms with Gasteiger partial charge in [-0.25, -0.2) is 0 Å². The van der Waals surface area contributed by atoms with Gasteiger partial charge >= 0.3 is 6.18 Å². The van der Waals surface area contributed by atoms with E-state index in [0.29, 0.717) is 17.7 Å². The van der Waals surface area contributed by atoms with Crippen molar-refractivity contribution in [1.82, 2.24) is 5.32 Å². The first kappa shape index (κ1) is 15.6. The molecular formula is C12H16F3NO. The van der Waals surface area contributed by atoms with Crippen molar-refractivity contribution in [2.24, 2.45) is 0 Å². The molecule has 2 nitrogen and oxygen atoms in total. The van der Waals surface area contributed by atoms with Crippen LogP contribution in [0, 0.1) is 0 Å². The van der Waals surface area contributed by atoms with Crippen molar-refractivity contribution in [3.05, 3.63) is 34.9 Å². The van der Waals surface area contributed by atoms with Crippen molar-refractivity contribution >= 4 is 6.79 Å². The number of hydrogen-bond acceptors (Lipinski definition) is 2. The molecular weight excluding hydrogens is 231 g/mol. The molecule has 0 radical (unpaired) electrons. The molecule has 0 atom stereocenters. The van der Waals surface area contributed by atoms with Crippen molar-refractivity contribution in [3.63, 3.8) is 0 Å². The SMILES string of the molecule is C=C(C)/C=C(\C1=C(C)CNC1)C(F)(F)F.C=O. The second-order valence-electron chi connectivity index (χ2n) is 3.76. The number of rotatable bonds is 2. The van der Waals surface area contributed by atoms with E-state index in [1.165, 1.54) is 0 Å². The minimum Gasteiger partial charge on any atom is -0.309 e. The zero-order valence-corrected chi connectivity index (χ0v) is 9.95. The largest absolute Gasteiger partial charge is 0.416 e. The summed E-state index contributed by atoms with van der Waals surface area (Å²) in [7, 11) is 0. The van der Waals surface area contributed by atoms with Crippen LogP contribution >= 0.6 is 0 Å². The van der Waals surface area contributed by atoms with E-state index in [-0.39, 0.29) is 6.54 Å². The van der Waals surface area contributed by atoms with Gasteiger partial charge in [0.25, 0.3) is 0 Å². The average molecular weight is 247 g/mol. The summed E-state index contributed by atoms with van der Waals surface area (Å²) in [6.07, 6.45) is -3.20. The number of carbonyl (C=O) groups excluding carboxylic acids is 1. The summed E-state index contributed by atoms with van der Waals surface area (Å²) < 4.78 is 38.2. The maximum atomic E-state index is 12.7. The molecule has 0 aromatic rings. The van der Waals surface area contributed by atoms with Crippen LogP contribution in [0.5, 0.6) is 0 Å². The Labute approximate surface area is 98.9 Å². The van der Waals surface area contributed by atoms with Crippen molar-refractivity contribution < 1.29 is 18.0 Å². The minimum absolute atomic E-state index is 0.282. The van der Waals surface area contributed by atoms with E-state index in [2.05, 4.69) is 11.9 Å². The number of allylic oxidation sites excluding steroid dienone is 2. The molecule has 5 heteroatoms. The fraction of sp³-hybridized carbons (Fsp3) is 0.417. The van der Waals surface area contributed by atoms with Crippen LogP contribution in [0.15, 0.2) is 34.9 Å². The van der Waals surface area contributed by atoms with Gasteiger partial charge in [0, 0.05) is 13.1 Å². The maximum Gasteiger partial charge on any atom is 0.416 e. The molecule has 0 aromatic heterocycles. The second kappa shape index (κ2) is 6.39. The zero-order valence-electron chi connectivity index (χ0n) is 9.95. The van der Waals surface area contributed by atoms with Gasteiger partial charge in [-0.2, -0.15) is 13.2 Å². The molecule has 1 heterocycles. The average Bonchev–Trinajstić information content (AvgIpc) is 2.62. The van der Waals surface area contributed by atoms with Crippen molar-refractivity contribution in [2.75, 3.05) is 13.1 Å². The number of hydrogen-bond donors (Lipinski definition) is 1. The molecule has 96 valence electrons. The van der Waals surface area contributed by atoms with E-state index in [4.69, 9.17) is 4.79 Å². The van der Waals surface area contributed by atoms with Gasteiger partial charge < -0.3 is 10.1 Å². The third-order valence-electron chi connectivity index (χ3n) is 2.23. The van der Waals surface area contributed by atoms with Crippen molar-refractivity contribution in [3.8, 4) is 0 Å². The Bertz CT molecular complexity index is 353. The van der Waals surface area contributed by atoms with Gasteiger partial charge in [-0.05, 0) is 25.5 Å². The molecule has 1 rings (SSSR count). The molecule has 0 saturated carbocycles. The van der Waals surface area contributed by atoms with Crippen LogP contribution in [0.1, 0.15) is 13.8 Å². The molecule has 1 aliphatic rings. The van der Waals surface area contributed by atoms with Gasteiger partial charge in [0.1, 0.15) is 6.79 Å². The molecule has 0 saturated heterocycles. The Hall–Kier alpha value is -1.36. The Balaban J connectivity index is 0.00000121. The molecule has 0 amide bonds. The normalized spacial score (nSPS) is 16.6. The minimum atomic E-state index is -4.30. The van der Waals surface area contributed by atoms with E-state index in [9.17, 15) is 13.2 Å². The van der Waals surface area contributed by atoms with Crippen LogP contribution in [0.25, 0.3) is 0 Å². The Morgan fingerprint density at radius 2 is 1.88 bits per heavy atom. The smallest absolute Gasteiger partial charge is 0.309 e. The summed E-state index contributed by atoms with van der Waals surface area (Å²) in [5, 5.41) is 2.90. The number of alkyl halides is 3. The van der Waals surface area contributed by atoms with E-state index in [0.717, 1.165) is 11.6 Å². The van der Waals surface area contributed by atoms with Crippen LogP contribution in [-0.4, -0.2) is 26.1 Å². The molecule has 0 fully saturated rings. The molecule has 0 unspecified atom stereocenters. The third kappa shape index (κ3) is 4.56. The van der Waals surface area contributed by atoms with Crippen LogP contribution in [0.3, 0.4) is 0 Å². The quantitative estimate of drug-likeness (QED) is 0.760. The molecule has 17 heavy (non-hydrogen) atoms. The van der Waals surface area contributed by atoms with E-state index in [1.54, 1.807) is 13.8 Å². The lowest BCUT2D eigenvalue weighted by Gasteiger charge is -2.13. The second-order valence-corrected chi connectivity index (χ2v) is 3.76. The predicted octanol–water partition coefficient (Wildman–Crippen LogP) is 2.79. The van der Waals surface area contributed by atoms with Crippen LogP contribution in [0.4, 0.5) is 13.2 Å².